The average molecular weight is 299 g/mol. The Morgan fingerprint density at radius 1 is 1.59 bits per heavy atom. The minimum Gasteiger partial charge on any atom is -0.468 e. The molecule has 17 heavy (non-hydrogen) atoms. The minimum atomic E-state index is -0.857. The summed E-state index contributed by atoms with van der Waals surface area (Å²) < 4.78 is 4.95. The first-order valence-electron chi connectivity index (χ1n) is 4.41. The number of hydrogen-bond donors (Lipinski definition) is 2. The van der Waals surface area contributed by atoms with Gasteiger partial charge in [0.25, 0.3) is 5.91 Å². The molecule has 0 aliphatic rings. The van der Waals surface area contributed by atoms with Crippen LogP contribution < -0.4 is 11.1 Å². The summed E-state index contributed by atoms with van der Waals surface area (Å²) in [6.45, 7) is 0.0288. The molecule has 0 radical (unpaired) electrons. The number of nitrogens with two attached hydrogens (primary N) is 1. The number of hydrogen-bond acceptors (Lipinski definition) is 5. The summed E-state index contributed by atoms with van der Waals surface area (Å²) in [5.41, 5.74) is 5.45. The van der Waals surface area contributed by atoms with Crippen molar-refractivity contribution >= 4 is 47.2 Å². The molecule has 0 bridgehead atoms. The lowest BCUT2D eigenvalue weighted by Crippen LogP contribution is -2.42. The van der Waals surface area contributed by atoms with E-state index in [0.717, 1.165) is 11.3 Å². The molecule has 1 heterocycles. The monoisotopic (exact) mass is 298 g/mol. The second-order valence-electron chi connectivity index (χ2n) is 2.94. The molecule has 96 valence electrons. The largest absolute Gasteiger partial charge is 0.468 e. The maximum atomic E-state index is 11.5. The van der Waals surface area contributed by atoms with Gasteiger partial charge in [-0.2, -0.15) is 0 Å². The Labute approximate surface area is 114 Å². The van der Waals surface area contributed by atoms with Crippen molar-refractivity contribution < 1.29 is 14.3 Å². The number of halogens is 2. The van der Waals surface area contributed by atoms with E-state index in [9.17, 15) is 9.59 Å². The Morgan fingerprint density at radius 2 is 2.24 bits per heavy atom. The van der Waals surface area contributed by atoms with Crippen LogP contribution in [0.25, 0.3) is 0 Å². The Morgan fingerprint density at radius 3 is 2.71 bits per heavy atom. The maximum Gasteiger partial charge on any atom is 0.324 e. The molecular weight excluding hydrogens is 287 g/mol. The van der Waals surface area contributed by atoms with E-state index in [1.54, 1.807) is 12.1 Å². The molecule has 0 saturated carbocycles. The Balaban J connectivity index is 0.00000256. The molecule has 1 amide bonds. The van der Waals surface area contributed by atoms with Gasteiger partial charge in [0.15, 0.2) is 0 Å². The highest BCUT2D eigenvalue weighted by Gasteiger charge is 2.15. The van der Waals surface area contributed by atoms with E-state index in [0.29, 0.717) is 9.21 Å². The number of carbonyl (C=O) groups is 2. The highest BCUT2D eigenvalue weighted by Crippen LogP contribution is 2.20. The molecule has 0 aliphatic heterocycles. The molecule has 1 aromatic rings. The van der Waals surface area contributed by atoms with Crippen LogP contribution in [0.4, 0.5) is 0 Å². The highest BCUT2D eigenvalue weighted by molar-refractivity contribution is 7.17. The molecule has 3 N–H and O–H groups in total. The molecule has 1 aromatic heterocycles. The predicted octanol–water partition coefficient (Wildman–Crippen LogP) is 1.05. The van der Waals surface area contributed by atoms with Crippen molar-refractivity contribution in [3.63, 3.8) is 0 Å². The standard InChI is InChI=1S/C9H11ClN2O3S.ClH/c1-15-9(14)5(11)4-12-8(13)6-2-3-7(10)16-6;/h2-3,5H,4,11H2,1H3,(H,12,13);1H/t5-;/m1./s1. The van der Waals surface area contributed by atoms with Gasteiger partial charge in [0.2, 0.25) is 0 Å². The van der Waals surface area contributed by atoms with E-state index in [4.69, 9.17) is 17.3 Å². The zero-order chi connectivity index (χ0) is 12.1. The van der Waals surface area contributed by atoms with Crippen LogP contribution in [0.3, 0.4) is 0 Å². The number of carbonyl (C=O) groups excluding carboxylic acids is 2. The summed E-state index contributed by atoms with van der Waals surface area (Å²) in [6, 6.07) is 2.37. The molecule has 0 saturated heterocycles. The number of amides is 1. The van der Waals surface area contributed by atoms with Crippen molar-refractivity contribution in [2.45, 2.75) is 6.04 Å². The fourth-order valence-corrected chi connectivity index (χ4v) is 1.92. The fourth-order valence-electron chi connectivity index (χ4n) is 0.961. The lowest BCUT2D eigenvalue weighted by Gasteiger charge is -2.09. The van der Waals surface area contributed by atoms with Gasteiger partial charge < -0.3 is 15.8 Å². The van der Waals surface area contributed by atoms with Crippen LogP contribution in [0, 0.1) is 0 Å². The van der Waals surface area contributed by atoms with E-state index in [1.165, 1.54) is 7.11 Å². The number of rotatable bonds is 4. The Hall–Kier alpha value is -0.820. The van der Waals surface area contributed by atoms with Crippen molar-refractivity contribution in [2.24, 2.45) is 5.73 Å². The van der Waals surface area contributed by atoms with Crippen LogP contribution in [0.2, 0.25) is 4.34 Å². The second kappa shape index (κ2) is 7.50. The van der Waals surface area contributed by atoms with E-state index >= 15 is 0 Å². The number of esters is 1. The summed E-state index contributed by atoms with van der Waals surface area (Å²) in [5, 5.41) is 2.51. The normalized spacial score (nSPS) is 11.2. The Kier molecular flexibility index (Phi) is 7.13. The van der Waals surface area contributed by atoms with Crippen molar-refractivity contribution in [1.29, 1.82) is 0 Å². The van der Waals surface area contributed by atoms with Gasteiger partial charge in [-0.1, -0.05) is 11.6 Å². The fraction of sp³-hybridized carbons (Fsp3) is 0.333. The smallest absolute Gasteiger partial charge is 0.324 e. The highest BCUT2D eigenvalue weighted by atomic mass is 35.5. The van der Waals surface area contributed by atoms with Crippen LogP contribution >= 0.6 is 35.3 Å². The number of ether oxygens (including phenoxy) is 1. The van der Waals surface area contributed by atoms with Crippen LogP contribution in [-0.2, 0) is 9.53 Å². The molecule has 1 rings (SSSR count). The summed E-state index contributed by atoms with van der Waals surface area (Å²) in [6.07, 6.45) is 0. The predicted molar refractivity (Wildman–Crippen MR) is 68.9 cm³/mol. The van der Waals surface area contributed by atoms with Gasteiger partial charge in [-0.05, 0) is 12.1 Å². The SMILES string of the molecule is COC(=O)[C@H](N)CNC(=O)c1ccc(Cl)s1.Cl. The third-order valence-electron chi connectivity index (χ3n) is 1.78. The van der Waals surface area contributed by atoms with Gasteiger partial charge in [-0.15, -0.1) is 23.7 Å². The molecule has 0 fully saturated rings. The van der Waals surface area contributed by atoms with Crippen molar-refractivity contribution in [2.75, 3.05) is 13.7 Å². The molecule has 5 nitrogen and oxygen atoms in total. The zero-order valence-electron chi connectivity index (χ0n) is 8.94. The van der Waals surface area contributed by atoms with Crippen molar-refractivity contribution in [3.8, 4) is 0 Å². The van der Waals surface area contributed by atoms with Crippen LogP contribution in [-0.4, -0.2) is 31.6 Å². The van der Waals surface area contributed by atoms with E-state index in [1.807, 2.05) is 0 Å². The van der Waals surface area contributed by atoms with Crippen LogP contribution in [0.15, 0.2) is 12.1 Å². The molecule has 8 heteroatoms. The quantitative estimate of drug-likeness (QED) is 0.814. The van der Waals surface area contributed by atoms with Gasteiger partial charge in [-0.25, -0.2) is 0 Å². The van der Waals surface area contributed by atoms with E-state index in [2.05, 4.69) is 10.1 Å². The topological polar surface area (TPSA) is 81.4 Å². The Bertz CT molecular complexity index is 397. The second-order valence-corrected chi connectivity index (χ2v) is 4.66. The first-order chi connectivity index (χ1) is 7.54. The minimum absolute atomic E-state index is 0. The van der Waals surface area contributed by atoms with Gasteiger partial charge in [0, 0.05) is 6.54 Å². The lowest BCUT2D eigenvalue weighted by molar-refractivity contribution is -0.141. The first kappa shape index (κ1) is 16.2. The average Bonchev–Trinajstić information content (AvgIpc) is 2.71. The van der Waals surface area contributed by atoms with Crippen LogP contribution in [0.5, 0.6) is 0 Å². The van der Waals surface area contributed by atoms with Gasteiger partial charge >= 0.3 is 5.97 Å². The van der Waals surface area contributed by atoms with Gasteiger partial charge in [0.1, 0.15) is 6.04 Å². The van der Waals surface area contributed by atoms with Crippen molar-refractivity contribution in [3.05, 3.63) is 21.3 Å². The molecule has 0 aliphatic carbocycles. The zero-order valence-corrected chi connectivity index (χ0v) is 11.3. The third-order valence-corrected chi connectivity index (χ3v) is 3.01. The molecule has 0 aromatic carbocycles. The molecule has 0 unspecified atom stereocenters. The first-order valence-corrected chi connectivity index (χ1v) is 5.61. The van der Waals surface area contributed by atoms with E-state index in [-0.39, 0.29) is 24.9 Å². The number of thiophene rings is 1. The summed E-state index contributed by atoms with van der Waals surface area (Å²) >= 11 is 6.84. The van der Waals surface area contributed by atoms with Gasteiger partial charge in [0.05, 0.1) is 16.3 Å². The van der Waals surface area contributed by atoms with Crippen LogP contribution in [0.1, 0.15) is 9.67 Å². The number of nitrogens with one attached hydrogen (secondary N) is 1. The van der Waals surface area contributed by atoms with Gasteiger partial charge in [-0.3, -0.25) is 9.59 Å². The summed E-state index contributed by atoms with van der Waals surface area (Å²) in [5.74, 6) is -0.874. The summed E-state index contributed by atoms with van der Waals surface area (Å²) in [4.78, 5) is 22.9. The third kappa shape index (κ3) is 4.91. The van der Waals surface area contributed by atoms with Crippen molar-refractivity contribution in [1.82, 2.24) is 5.32 Å². The van der Waals surface area contributed by atoms with E-state index < -0.39 is 12.0 Å². The molecule has 0 spiro atoms. The molecular formula is C9H12Cl2N2O3S. The number of methoxy groups -OCH3 is 1. The lowest BCUT2D eigenvalue weighted by atomic mass is 10.3. The summed E-state index contributed by atoms with van der Waals surface area (Å²) in [7, 11) is 1.24. The molecule has 1 atom stereocenters. The maximum absolute atomic E-state index is 11.5.